The smallest absolute Gasteiger partial charge is 0.123 e. The van der Waals surface area contributed by atoms with E-state index in [2.05, 4.69) is 29.6 Å². The van der Waals surface area contributed by atoms with E-state index in [0.29, 0.717) is 0 Å². The number of halogens is 1. The van der Waals surface area contributed by atoms with Crippen molar-refractivity contribution in [3.05, 3.63) is 70.9 Å². The van der Waals surface area contributed by atoms with Crippen molar-refractivity contribution in [2.24, 2.45) is 0 Å². The fraction of sp³-hybridized carbons (Fsp3) is 0.125. The average molecular weight is 255 g/mol. The molecule has 0 nitrogen and oxygen atoms in total. The predicted octanol–water partition coefficient (Wildman–Crippen LogP) is 4.63. The van der Waals surface area contributed by atoms with Crippen LogP contribution < -0.4 is 0 Å². The Hall–Kier alpha value is -1.67. The van der Waals surface area contributed by atoms with Crippen LogP contribution in [0.1, 0.15) is 11.1 Å². The van der Waals surface area contributed by atoms with Gasteiger partial charge in [-0.15, -0.1) is 11.3 Å². The van der Waals surface area contributed by atoms with E-state index in [1.54, 1.807) is 11.3 Å². The number of hydrogen-bond donors (Lipinski definition) is 0. The highest BCUT2D eigenvalue weighted by atomic mass is 32.1. The highest BCUT2D eigenvalue weighted by Crippen LogP contribution is 2.24. The molecule has 0 aliphatic carbocycles. The molecule has 89 valence electrons. The summed E-state index contributed by atoms with van der Waals surface area (Å²) in [6.45, 7) is 0. The first-order chi connectivity index (χ1) is 8.83. The lowest BCUT2D eigenvalue weighted by atomic mass is 10.0. The molecule has 0 amide bonds. The second-order valence-corrected chi connectivity index (χ2v) is 5.20. The molecule has 3 aromatic rings. The molecule has 1 radical (unpaired) electrons. The first-order valence-electron chi connectivity index (χ1n) is 5.95. The molecule has 0 bridgehead atoms. The molecule has 0 aliphatic rings. The molecule has 3 rings (SSSR count). The minimum Gasteiger partial charge on any atom is -0.207 e. The van der Waals surface area contributed by atoms with Gasteiger partial charge in [-0.25, -0.2) is 4.39 Å². The summed E-state index contributed by atoms with van der Waals surface area (Å²) in [6, 6.07) is 15.2. The Morgan fingerprint density at radius 3 is 2.67 bits per heavy atom. The number of fused-ring (bicyclic) bond motifs is 1. The molecule has 0 saturated heterocycles. The van der Waals surface area contributed by atoms with Gasteiger partial charge >= 0.3 is 0 Å². The maximum Gasteiger partial charge on any atom is 0.123 e. The van der Waals surface area contributed by atoms with Crippen LogP contribution >= 0.6 is 11.3 Å². The molecule has 0 unspecified atom stereocenters. The van der Waals surface area contributed by atoms with Gasteiger partial charge in [0.2, 0.25) is 0 Å². The minimum atomic E-state index is -0.173. The maximum absolute atomic E-state index is 12.8. The van der Waals surface area contributed by atoms with Gasteiger partial charge in [-0.3, -0.25) is 0 Å². The molecule has 0 aliphatic heterocycles. The highest BCUT2D eigenvalue weighted by Gasteiger charge is 2.02. The zero-order chi connectivity index (χ0) is 12.4. The van der Waals surface area contributed by atoms with Crippen molar-refractivity contribution in [1.82, 2.24) is 0 Å². The lowest BCUT2D eigenvalue weighted by Gasteiger charge is -2.04. The van der Waals surface area contributed by atoms with E-state index in [4.69, 9.17) is 0 Å². The SMILES string of the molecule is Fc1ccc(CCc2cccc3s[c]cc23)cc1. The van der Waals surface area contributed by atoms with E-state index in [1.807, 2.05) is 12.1 Å². The van der Waals surface area contributed by atoms with Gasteiger partial charge < -0.3 is 0 Å². The van der Waals surface area contributed by atoms with E-state index >= 15 is 0 Å². The first-order valence-corrected chi connectivity index (χ1v) is 6.76. The Balaban J connectivity index is 1.80. The maximum atomic E-state index is 12.8. The Morgan fingerprint density at radius 2 is 1.83 bits per heavy atom. The van der Waals surface area contributed by atoms with Crippen LogP contribution in [0.4, 0.5) is 4.39 Å². The van der Waals surface area contributed by atoms with E-state index < -0.39 is 0 Å². The Morgan fingerprint density at radius 1 is 1.00 bits per heavy atom. The summed E-state index contributed by atoms with van der Waals surface area (Å²) in [6.07, 6.45) is 1.92. The zero-order valence-electron chi connectivity index (χ0n) is 9.82. The Labute approximate surface area is 110 Å². The lowest BCUT2D eigenvalue weighted by Crippen LogP contribution is -1.91. The van der Waals surface area contributed by atoms with Gasteiger partial charge in [0.05, 0.1) is 0 Å². The van der Waals surface area contributed by atoms with Gasteiger partial charge in [-0.1, -0.05) is 24.3 Å². The Kier molecular flexibility index (Phi) is 3.11. The van der Waals surface area contributed by atoms with Crippen molar-refractivity contribution in [3.8, 4) is 0 Å². The summed E-state index contributed by atoms with van der Waals surface area (Å²) >= 11 is 1.65. The van der Waals surface area contributed by atoms with Crippen molar-refractivity contribution in [3.63, 3.8) is 0 Å². The summed E-state index contributed by atoms with van der Waals surface area (Å²) < 4.78 is 14.1. The van der Waals surface area contributed by atoms with Crippen LogP contribution in [0.15, 0.2) is 48.5 Å². The minimum absolute atomic E-state index is 0.173. The average Bonchev–Trinajstić information content (AvgIpc) is 2.87. The van der Waals surface area contributed by atoms with E-state index in [-0.39, 0.29) is 5.82 Å². The van der Waals surface area contributed by atoms with Crippen LogP contribution in [0.2, 0.25) is 0 Å². The second-order valence-electron chi connectivity index (χ2n) is 4.32. The van der Waals surface area contributed by atoms with Gasteiger partial charge in [0.15, 0.2) is 0 Å². The quantitative estimate of drug-likeness (QED) is 0.640. The lowest BCUT2D eigenvalue weighted by molar-refractivity contribution is 0.627. The third kappa shape index (κ3) is 2.29. The van der Waals surface area contributed by atoms with E-state index in [1.165, 1.54) is 33.3 Å². The summed E-state index contributed by atoms with van der Waals surface area (Å²) in [7, 11) is 0. The molecule has 0 atom stereocenters. The highest BCUT2D eigenvalue weighted by molar-refractivity contribution is 7.16. The largest absolute Gasteiger partial charge is 0.207 e. The van der Waals surface area contributed by atoms with Crippen molar-refractivity contribution < 1.29 is 4.39 Å². The number of rotatable bonds is 3. The molecule has 0 N–H and O–H groups in total. The predicted molar refractivity (Wildman–Crippen MR) is 74.5 cm³/mol. The number of thiophene rings is 1. The van der Waals surface area contributed by atoms with Gasteiger partial charge in [0.25, 0.3) is 0 Å². The third-order valence-corrected chi connectivity index (χ3v) is 3.94. The fourth-order valence-electron chi connectivity index (χ4n) is 2.14. The summed E-state index contributed by atoms with van der Waals surface area (Å²) in [5.74, 6) is -0.173. The molecule has 0 saturated carbocycles. The van der Waals surface area contributed by atoms with Crippen LogP contribution in [0, 0.1) is 11.2 Å². The van der Waals surface area contributed by atoms with Gasteiger partial charge in [0.1, 0.15) is 5.82 Å². The number of aryl methyl sites for hydroxylation is 2. The number of benzene rings is 2. The van der Waals surface area contributed by atoms with Crippen LogP contribution in [0.25, 0.3) is 10.1 Å². The normalized spacial score (nSPS) is 10.9. The van der Waals surface area contributed by atoms with Crippen LogP contribution in [-0.2, 0) is 12.8 Å². The van der Waals surface area contributed by atoms with Gasteiger partial charge in [-0.2, -0.15) is 0 Å². The van der Waals surface area contributed by atoms with Gasteiger partial charge in [-0.05, 0) is 53.6 Å². The molecule has 0 fully saturated rings. The molecule has 2 heteroatoms. The van der Waals surface area contributed by atoms with E-state index in [0.717, 1.165) is 12.8 Å². The van der Waals surface area contributed by atoms with Crippen LogP contribution in [0.5, 0.6) is 0 Å². The molecule has 0 spiro atoms. The fourth-order valence-corrected chi connectivity index (χ4v) is 2.89. The second kappa shape index (κ2) is 4.91. The Bertz CT molecular complexity index is 652. The molecule has 1 aromatic heterocycles. The first kappa shape index (κ1) is 11.4. The molecular formula is C16H12FS. The van der Waals surface area contributed by atoms with Crippen molar-refractivity contribution in [1.29, 1.82) is 0 Å². The summed E-state index contributed by atoms with van der Waals surface area (Å²) in [5, 5.41) is 4.47. The van der Waals surface area contributed by atoms with Crippen molar-refractivity contribution >= 4 is 21.4 Å². The molecular weight excluding hydrogens is 243 g/mol. The monoisotopic (exact) mass is 255 g/mol. The zero-order valence-corrected chi connectivity index (χ0v) is 10.6. The summed E-state index contributed by atoms with van der Waals surface area (Å²) in [4.78, 5) is 0. The van der Waals surface area contributed by atoms with E-state index in [9.17, 15) is 4.39 Å². The molecule has 2 aromatic carbocycles. The standard InChI is InChI=1S/C16H12FS/c17-14-8-5-12(6-9-14)4-7-13-2-1-3-16-15(13)10-11-18-16/h1-3,5-6,8-10H,4,7H2. The van der Waals surface area contributed by atoms with Crippen molar-refractivity contribution in [2.75, 3.05) is 0 Å². The molecule has 1 heterocycles. The van der Waals surface area contributed by atoms with Crippen LogP contribution in [-0.4, -0.2) is 0 Å². The van der Waals surface area contributed by atoms with Crippen LogP contribution in [0.3, 0.4) is 0 Å². The van der Waals surface area contributed by atoms with Crippen molar-refractivity contribution in [2.45, 2.75) is 12.8 Å². The summed E-state index contributed by atoms with van der Waals surface area (Å²) in [5.41, 5.74) is 2.52. The third-order valence-electron chi connectivity index (χ3n) is 3.12. The van der Waals surface area contributed by atoms with Gasteiger partial charge in [0, 0.05) is 10.1 Å². The topological polar surface area (TPSA) is 0 Å². The molecule has 18 heavy (non-hydrogen) atoms. The number of hydrogen-bond acceptors (Lipinski definition) is 1.